The smallest absolute Gasteiger partial charge is 0.326 e. The molecular weight excluding hydrogens is 406 g/mol. The summed E-state index contributed by atoms with van der Waals surface area (Å²) >= 11 is 16.7. The van der Waals surface area contributed by atoms with Crippen molar-refractivity contribution in [1.82, 2.24) is 0 Å². The van der Waals surface area contributed by atoms with Crippen molar-refractivity contribution < 1.29 is 31.1 Å². The van der Waals surface area contributed by atoms with E-state index in [4.69, 9.17) is 34.8 Å². The van der Waals surface area contributed by atoms with Crippen LogP contribution in [-0.4, -0.2) is 9.70 Å². The van der Waals surface area contributed by atoms with Crippen LogP contribution in [0.5, 0.6) is 0 Å². The number of amides is 1. The number of hydrogen-bond acceptors (Lipinski definition) is 1. The molecule has 0 spiro atoms. The summed E-state index contributed by atoms with van der Waals surface area (Å²) < 4.78 is 74.4. The number of nitrogens with one attached hydrogen (secondary N) is 1. The van der Waals surface area contributed by atoms with Crippen molar-refractivity contribution in [2.45, 2.75) is 29.5 Å². The van der Waals surface area contributed by atoms with E-state index in [1.165, 1.54) is 6.92 Å². The second-order valence-corrected chi connectivity index (χ2v) is 7.36. The molecule has 0 aliphatic carbocycles. The van der Waals surface area contributed by atoms with Gasteiger partial charge in [0.15, 0.2) is 3.79 Å². The number of carbonyl (C=O) groups excluding carboxylic acids is 1. The van der Waals surface area contributed by atoms with E-state index in [0.717, 1.165) is 0 Å². The maximum absolute atomic E-state index is 12.7. The highest BCUT2D eigenvalue weighted by Crippen LogP contribution is 2.38. The normalized spacial score (nSPS) is 14.4. The van der Waals surface area contributed by atoms with Gasteiger partial charge in [-0.3, -0.25) is 4.79 Å². The van der Waals surface area contributed by atoms with Gasteiger partial charge in [0.25, 0.3) is 0 Å². The van der Waals surface area contributed by atoms with E-state index in [1.54, 1.807) is 0 Å². The SMILES string of the molecule is C[C@H](CC(=O)Nc1cc(C(F)(F)F)cc(C(F)(F)F)c1)C(Cl)(Cl)Cl. The number of halogens is 9. The fraction of sp³-hybridized carbons (Fsp3) is 0.462. The van der Waals surface area contributed by atoms with Crippen LogP contribution in [0, 0.1) is 5.92 Å². The molecule has 1 aromatic carbocycles. The molecule has 0 saturated heterocycles. The molecule has 1 rings (SSSR count). The van der Waals surface area contributed by atoms with Crippen LogP contribution in [0.3, 0.4) is 0 Å². The van der Waals surface area contributed by atoms with E-state index in [-0.39, 0.29) is 6.07 Å². The molecule has 0 unspecified atom stereocenters. The number of benzene rings is 1. The second kappa shape index (κ2) is 7.17. The molecule has 1 aromatic rings. The number of rotatable bonds is 3. The minimum absolute atomic E-state index is 0.0421. The van der Waals surface area contributed by atoms with Crippen LogP contribution in [-0.2, 0) is 17.1 Å². The number of alkyl halides is 9. The van der Waals surface area contributed by atoms with E-state index in [0.29, 0.717) is 12.1 Å². The Morgan fingerprint density at radius 1 is 1.00 bits per heavy atom. The first-order valence-electron chi connectivity index (χ1n) is 6.26. The van der Waals surface area contributed by atoms with E-state index in [1.807, 2.05) is 5.32 Å². The predicted octanol–water partition coefficient (Wildman–Crippen LogP) is 6.06. The molecule has 136 valence electrons. The summed E-state index contributed by atoms with van der Waals surface area (Å²) in [4.78, 5) is 11.7. The Labute approximate surface area is 148 Å². The van der Waals surface area contributed by atoms with Gasteiger partial charge in [0.2, 0.25) is 5.91 Å². The molecule has 2 nitrogen and oxygen atoms in total. The standard InChI is InChI=1S/C13H10Cl3F6NO/c1-6(11(14,15)16)2-10(24)23-9-4-7(12(17,18)19)3-8(5-9)13(20,21)22/h3-6H,2H2,1H3,(H,23,24)/t6-/m1/s1. The van der Waals surface area contributed by atoms with Gasteiger partial charge in [0.1, 0.15) is 0 Å². The predicted molar refractivity (Wildman–Crippen MR) is 79.1 cm³/mol. The molecule has 0 aromatic heterocycles. The minimum atomic E-state index is -5.01. The summed E-state index contributed by atoms with van der Waals surface area (Å²) in [6, 6.07) is 0.750. The van der Waals surface area contributed by atoms with E-state index < -0.39 is 51.2 Å². The van der Waals surface area contributed by atoms with E-state index in [9.17, 15) is 31.1 Å². The molecule has 0 aliphatic rings. The summed E-state index contributed by atoms with van der Waals surface area (Å²) in [5.41, 5.74) is -3.73. The Balaban J connectivity index is 3.09. The first kappa shape index (κ1) is 21.2. The molecule has 1 atom stereocenters. The van der Waals surface area contributed by atoms with Crippen molar-refractivity contribution in [3.63, 3.8) is 0 Å². The molecule has 24 heavy (non-hydrogen) atoms. The zero-order chi connectivity index (χ0) is 18.9. The van der Waals surface area contributed by atoms with Crippen LogP contribution in [0.2, 0.25) is 0 Å². The van der Waals surface area contributed by atoms with Gasteiger partial charge in [-0.05, 0) is 18.2 Å². The maximum Gasteiger partial charge on any atom is 0.416 e. The summed E-state index contributed by atoms with van der Waals surface area (Å²) in [5, 5.41) is 1.96. The lowest BCUT2D eigenvalue weighted by Crippen LogP contribution is -2.23. The molecule has 0 saturated carbocycles. The molecule has 0 fully saturated rings. The van der Waals surface area contributed by atoms with Crippen molar-refractivity contribution in [3.05, 3.63) is 29.3 Å². The van der Waals surface area contributed by atoms with Crippen molar-refractivity contribution >= 4 is 46.4 Å². The number of anilines is 1. The fourth-order valence-corrected chi connectivity index (χ4v) is 1.86. The van der Waals surface area contributed by atoms with Crippen LogP contribution in [0.25, 0.3) is 0 Å². The fourth-order valence-electron chi connectivity index (χ4n) is 1.63. The molecule has 0 radical (unpaired) electrons. The molecule has 11 heteroatoms. The summed E-state index contributed by atoms with van der Waals surface area (Å²) in [6.45, 7) is 1.39. The van der Waals surface area contributed by atoms with Gasteiger partial charge in [-0.2, -0.15) is 26.3 Å². The lowest BCUT2D eigenvalue weighted by Gasteiger charge is -2.20. The summed E-state index contributed by atoms with van der Waals surface area (Å²) in [6.07, 6.45) is -10.4. The van der Waals surface area contributed by atoms with E-state index >= 15 is 0 Å². The Hall–Kier alpha value is -0.860. The summed E-state index contributed by atoms with van der Waals surface area (Å²) in [7, 11) is 0. The average molecular weight is 417 g/mol. The van der Waals surface area contributed by atoms with Crippen LogP contribution in [0.15, 0.2) is 18.2 Å². The van der Waals surface area contributed by atoms with Crippen molar-refractivity contribution in [2.24, 2.45) is 5.92 Å². The van der Waals surface area contributed by atoms with Gasteiger partial charge in [0, 0.05) is 18.0 Å². The monoisotopic (exact) mass is 415 g/mol. The van der Waals surface area contributed by atoms with Gasteiger partial charge in [0.05, 0.1) is 11.1 Å². The first-order valence-corrected chi connectivity index (χ1v) is 7.40. The third-order valence-corrected chi connectivity index (χ3v) is 4.04. The largest absolute Gasteiger partial charge is 0.416 e. The quantitative estimate of drug-likeness (QED) is 0.471. The van der Waals surface area contributed by atoms with Gasteiger partial charge in [-0.15, -0.1) is 0 Å². The molecular formula is C13H10Cl3F6NO. The zero-order valence-electron chi connectivity index (χ0n) is 11.8. The van der Waals surface area contributed by atoms with Crippen LogP contribution < -0.4 is 5.32 Å². The second-order valence-electron chi connectivity index (χ2n) is 4.99. The first-order chi connectivity index (χ1) is 10.6. The van der Waals surface area contributed by atoms with Crippen molar-refractivity contribution in [2.75, 3.05) is 5.32 Å². The molecule has 1 N–H and O–H groups in total. The maximum atomic E-state index is 12.7. The Bertz CT molecular complexity index is 577. The Morgan fingerprint density at radius 2 is 1.42 bits per heavy atom. The topological polar surface area (TPSA) is 29.1 Å². The lowest BCUT2D eigenvalue weighted by molar-refractivity contribution is -0.143. The van der Waals surface area contributed by atoms with Gasteiger partial charge in [-0.1, -0.05) is 41.7 Å². The highest BCUT2D eigenvalue weighted by atomic mass is 35.6. The average Bonchev–Trinajstić information content (AvgIpc) is 2.34. The molecule has 0 bridgehead atoms. The third kappa shape index (κ3) is 6.22. The lowest BCUT2D eigenvalue weighted by atomic mass is 10.1. The summed E-state index contributed by atoms with van der Waals surface area (Å²) in [5.74, 6) is -1.70. The third-order valence-electron chi connectivity index (χ3n) is 2.92. The van der Waals surface area contributed by atoms with Crippen molar-refractivity contribution in [1.29, 1.82) is 0 Å². The zero-order valence-corrected chi connectivity index (χ0v) is 14.1. The number of hydrogen-bond donors (Lipinski definition) is 1. The van der Waals surface area contributed by atoms with Gasteiger partial charge < -0.3 is 5.32 Å². The Morgan fingerprint density at radius 3 is 1.75 bits per heavy atom. The molecule has 0 aliphatic heterocycles. The van der Waals surface area contributed by atoms with Crippen molar-refractivity contribution in [3.8, 4) is 0 Å². The number of carbonyl (C=O) groups is 1. The Kier molecular flexibility index (Phi) is 6.33. The van der Waals surface area contributed by atoms with Crippen LogP contribution >= 0.6 is 34.8 Å². The van der Waals surface area contributed by atoms with Gasteiger partial charge >= 0.3 is 12.4 Å². The highest BCUT2D eigenvalue weighted by molar-refractivity contribution is 6.67. The van der Waals surface area contributed by atoms with Crippen LogP contribution in [0.1, 0.15) is 24.5 Å². The highest BCUT2D eigenvalue weighted by Gasteiger charge is 2.37. The minimum Gasteiger partial charge on any atom is -0.326 e. The molecule has 0 heterocycles. The van der Waals surface area contributed by atoms with E-state index in [2.05, 4.69) is 0 Å². The molecule has 1 amide bonds. The van der Waals surface area contributed by atoms with Crippen LogP contribution in [0.4, 0.5) is 32.0 Å². The van der Waals surface area contributed by atoms with Gasteiger partial charge in [-0.25, -0.2) is 0 Å².